The number of nitrogens with zero attached hydrogens (tertiary/aromatic N) is 2. The minimum Gasteiger partial charge on any atom is -0.372 e. The third-order valence-corrected chi connectivity index (χ3v) is 6.66. The molecular weight excluding hydrogens is 422 g/mol. The van der Waals surface area contributed by atoms with Gasteiger partial charge in [-0.25, -0.2) is 4.90 Å². The van der Waals surface area contributed by atoms with Crippen LogP contribution in [0, 0.1) is 20.8 Å². The zero-order valence-corrected chi connectivity index (χ0v) is 19.9. The summed E-state index contributed by atoms with van der Waals surface area (Å²) in [6.45, 7) is 8.09. The van der Waals surface area contributed by atoms with Crippen LogP contribution in [0.3, 0.4) is 0 Å². The fraction of sp³-hybridized carbons (Fsp3) is 0.241. The molecule has 2 amide bonds. The van der Waals surface area contributed by atoms with E-state index in [1.165, 1.54) is 17.7 Å². The topological polar surface area (TPSA) is 52.7 Å². The molecule has 3 aromatic carbocycles. The Hall–Kier alpha value is -3.86. The van der Waals surface area contributed by atoms with Gasteiger partial charge in [0.2, 0.25) is 0 Å². The summed E-state index contributed by atoms with van der Waals surface area (Å²) in [6, 6.07) is 21.5. The Balaban J connectivity index is 1.54. The van der Waals surface area contributed by atoms with Crippen LogP contribution in [0.15, 0.2) is 72.4 Å². The van der Waals surface area contributed by atoms with Crippen LogP contribution in [-0.4, -0.2) is 24.9 Å². The smallest absolute Gasteiger partial charge is 0.282 e. The number of rotatable bonds is 5. The van der Waals surface area contributed by atoms with Gasteiger partial charge in [-0.3, -0.25) is 9.59 Å². The monoisotopic (exact) mass is 451 g/mol. The van der Waals surface area contributed by atoms with E-state index in [-0.39, 0.29) is 11.8 Å². The van der Waals surface area contributed by atoms with E-state index in [0.29, 0.717) is 17.0 Å². The normalized spacial score (nSPS) is 16.1. The van der Waals surface area contributed by atoms with E-state index in [0.717, 1.165) is 46.7 Å². The zero-order valence-electron chi connectivity index (χ0n) is 19.9. The van der Waals surface area contributed by atoms with E-state index >= 15 is 0 Å². The second-order valence-corrected chi connectivity index (χ2v) is 9.22. The van der Waals surface area contributed by atoms with E-state index in [9.17, 15) is 9.59 Å². The SMILES string of the molecule is Cc1ccc(C2=C(Nc3cc(C)ccc3C)C(=O)N(c3ccc(N4CCCC4)cc3)C2=O)cc1. The highest BCUT2D eigenvalue weighted by Gasteiger charge is 2.40. The quantitative estimate of drug-likeness (QED) is 0.513. The Morgan fingerprint density at radius 1 is 0.706 bits per heavy atom. The maximum absolute atomic E-state index is 13.7. The van der Waals surface area contributed by atoms with Crippen LogP contribution in [-0.2, 0) is 9.59 Å². The lowest BCUT2D eigenvalue weighted by molar-refractivity contribution is -0.120. The minimum absolute atomic E-state index is 0.310. The van der Waals surface area contributed by atoms with E-state index in [1.54, 1.807) is 0 Å². The summed E-state index contributed by atoms with van der Waals surface area (Å²) in [5, 5.41) is 3.31. The summed E-state index contributed by atoms with van der Waals surface area (Å²) in [6.07, 6.45) is 2.39. The van der Waals surface area contributed by atoms with Gasteiger partial charge in [-0.05, 0) is 80.6 Å². The molecule has 2 heterocycles. The van der Waals surface area contributed by atoms with Crippen LogP contribution in [0.1, 0.15) is 35.1 Å². The lowest BCUT2D eigenvalue weighted by Crippen LogP contribution is -2.32. The Kier molecular flexibility index (Phi) is 5.70. The molecule has 3 aromatic rings. The van der Waals surface area contributed by atoms with Crippen LogP contribution < -0.4 is 15.1 Å². The number of hydrogen-bond acceptors (Lipinski definition) is 4. The van der Waals surface area contributed by atoms with Crippen molar-refractivity contribution in [1.29, 1.82) is 0 Å². The van der Waals surface area contributed by atoms with Crippen LogP contribution >= 0.6 is 0 Å². The maximum Gasteiger partial charge on any atom is 0.282 e. The van der Waals surface area contributed by atoms with Crippen LogP contribution in [0.5, 0.6) is 0 Å². The number of benzene rings is 3. The number of hydrogen-bond donors (Lipinski definition) is 1. The molecular formula is C29H29N3O2. The summed E-state index contributed by atoms with van der Waals surface area (Å²) in [7, 11) is 0. The predicted octanol–water partition coefficient (Wildman–Crippen LogP) is 5.61. The predicted molar refractivity (Wildman–Crippen MR) is 138 cm³/mol. The molecule has 0 unspecified atom stereocenters. The van der Waals surface area contributed by atoms with Gasteiger partial charge in [0.15, 0.2) is 0 Å². The number of carbonyl (C=O) groups is 2. The first-order valence-electron chi connectivity index (χ1n) is 11.8. The summed E-state index contributed by atoms with van der Waals surface area (Å²) < 4.78 is 0. The van der Waals surface area contributed by atoms with Gasteiger partial charge in [-0.15, -0.1) is 0 Å². The van der Waals surface area contributed by atoms with Crippen molar-refractivity contribution < 1.29 is 9.59 Å². The molecule has 5 heteroatoms. The second kappa shape index (κ2) is 8.82. The first-order valence-corrected chi connectivity index (χ1v) is 11.8. The highest BCUT2D eigenvalue weighted by atomic mass is 16.2. The number of aryl methyl sites for hydroxylation is 3. The summed E-state index contributed by atoms with van der Waals surface area (Å²) in [4.78, 5) is 31.0. The standard InChI is InChI=1S/C29H29N3O2/c1-19-7-10-22(11-8-19)26-27(30-25-18-20(2)6-9-21(25)3)29(34)32(28(26)33)24-14-12-23(13-15-24)31-16-4-5-17-31/h6-15,18,30H,4-5,16-17H2,1-3H3. The molecule has 0 aliphatic carbocycles. The highest BCUT2D eigenvalue weighted by molar-refractivity contribution is 6.46. The van der Waals surface area contributed by atoms with E-state index in [1.807, 2.05) is 87.5 Å². The molecule has 0 saturated carbocycles. The van der Waals surface area contributed by atoms with Gasteiger partial charge in [0.25, 0.3) is 11.8 Å². The molecule has 1 saturated heterocycles. The third kappa shape index (κ3) is 3.98. The average molecular weight is 452 g/mol. The molecule has 0 spiro atoms. The van der Waals surface area contributed by atoms with Crippen LogP contribution in [0.2, 0.25) is 0 Å². The Morgan fingerprint density at radius 2 is 1.32 bits per heavy atom. The minimum atomic E-state index is -0.338. The largest absolute Gasteiger partial charge is 0.372 e. The maximum atomic E-state index is 13.7. The first-order chi connectivity index (χ1) is 16.4. The third-order valence-electron chi connectivity index (χ3n) is 6.66. The number of nitrogens with one attached hydrogen (secondary N) is 1. The lowest BCUT2D eigenvalue weighted by Gasteiger charge is -2.20. The summed E-state index contributed by atoms with van der Waals surface area (Å²) >= 11 is 0. The molecule has 1 N–H and O–H groups in total. The summed E-state index contributed by atoms with van der Waals surface area (Å²) in [5.74, 6) is -0.647. The zero-order chi connectivity index (χ0) is 23.8. The lowest BCUT2D eigenvalue weighted by atomic mass is 10.0. The van der Waals surface area contributed by atoms with Crippen molar-refractivity contribution in [3.63, 3.8) is 0 Å². The molecule has 34 heavy (non-hydrogen) atoms. The fourth-order valence-electron chi connectivity index (χ4n) is 4.66. The van der Waals surface area contributed by atoms with E-state index in [4.69, 9.17) is 0 Å². The average Bonchev–Trinajstić information content (AvgIpc) is 3.45. The molecule has 2 aliphatic rings. The number of carbonyl (C=O) groups excluding carboxylic acids is 2. The highest BCUT2D eigenvalue weighted by Crippen LogP contribution is 2.35. The van der Waals surface area contributed by atoms with Gasteiger partial charge < -0.3 is 10.2 Å². The molecule has 2 aliphatic heterocycles. The van der Waals surface area contributed by atoms with Gasteiger partial charge in [-0.2, -0.15) is 0 Å². The van der Waals surface area contributed by atoms with Gasteiger partial charge in [-0.1, -0.05) is 42.0 Å². The molecule has 1 fully saturated rings. The van der Waals surface area contributed by atoms with Crippen molar-refractivity contribution in [1.82, 2.24) is 0 Å². The van der Waals surface area contributed by atoms with Crippen LogP contribution in [0.25, 0.3) is 5.57 Å². The van der Waals surface area contributed by atoms with Gasteiger partial charge in [0.1, 0.15) is 5.70 Å². The molecule has 172 valence electrons. The van der Waals surface area contributed by atoms with Gasteiger partial charge >= 0.3 is 0 Å². The van der Waals surface area contributed by atoms with Crippen molar-refractivity contribution in [2.24, 2.45) is 0 Å². The van der Waals surface area contributed by atoms with Crippen LogP contribution in [0.4, 0.5) is 17.1 Å². The molecule has 0 bridgehead atoms. The molecule has 5 nitrogen and oxygen atoms in total. The Labute approximate surface area is 200 Å². The van der Waals surface area contributed by atoms with Gasteiger partial charge in [0.05, 0.1) is 11.3 Å². The fourth-order valence-corrected chi connectivity index (χ4v) is 4.66. The number of amides is 2. The Morgan fingerprint density at radius 3 is 2.00 bits per heavy atom. The molecule has 5 rings (SSSR count). The molecule has 0 radical (unpaired) electrons. The molecule has 0 atom stereocenters. The molecule has 0 aromatic heterocycles. The van der Waals surface area contributed by atoms with Crippen molar-refractivity contribution in [3.05, 3.63) is 94.7 Å². The van der Waals surface area contributed by atoms with Gasteiger partial charge in [0, 0.05) is 24.5 Å². The number of anilines is 3. The number of imide groups is 1. The second-order valence-electron chi connectivity index (χ2n) is 9.22. The van der Waals surface area contributed by atoms with Crippen molar-refractivity contribution in [3.8, 4) is 0 Å². The van der Waals surface area contributed by atoms with E-state index in [2.05, 4.69) is 10.2 Å². The van der Waals surface area contributed by atoms with E-state index < -0.39 is 0 Å². The van der Waals surface area contributed by atoms with Crippen molar-refractivity contribution in [2.75, 3.05) is 28.2 Å². The Bertz CT molecular complexity index is 1280. The van der Waals surface area contributed by atoms with Crippen molar-refractivity contribution in [2.45, 2.75) is 33.6 Å². The summed E-state index contributed by atoms with van der Waals surface area (Å²) in [5.41, 5.74) is 7.16. The first kappa shape index (κ1) is 22.0. The van der Waals surface area contributed by atoms with Crippen molar-refractivity contribution >= 4 is 34.4 Å².